The van der Waals surface area contributed by atoms with Crippen LogP contribution in [0.4, 0.5) is 5.95 Å². The maximum atomic E-state index is 12.8. The number of methoxy groups -OCH3 is 1. The first kappa shape index (κ1) is 19.4. The molecule has 0 unspecified atom stereocenters. The monoisotopic (exact) mass is 423 g/mol. The van der Waals surface area contributed by atoms with Crippen molar-refractivity contribution in [2.45, 2.75) is 0 Å². The SMILES string of the molecule is COC(=O)c1cc(-c2ccncc2)cc2[nH]c(NC(=O)c3cc4ccccc4cn3)nc12. The first-order chi connectivity index (χ1) is 15.6. The number of hydrogen-bond acceptors (Lipinski definition) is 6. The first-order valence-electron chi connectivity index (χ1n) is 9.81. The van der Waals surface area contributed by atoms with Crippen molar-refractivity contribution in [3.8, 4) is 11.1 Å². The van der Waals surface area contributed by atoms with Crippen LogP contribution in [0.1, 0.15) is 20.8 Å². The summed E-state index contributed by atoms with van der Waals surface area (Å²) in [6.07, 6.45) is 5.00. The molecule has 0 radical (unpaired) electrons. The van der Waals surface area contributed by atoms with Crippen molar-refractivity contribution in [3.63, 3.8) is 0 Å². The topological polar surface area (TPSA) is 110 Å². The molecule has 8 heteroatoms. The van der Waals surface area contributed by atoms with E-state index in [0.29, 0.717) is 11.0 Å². The van der Waals surface area contributed by atoms with Gasteiger partial charge in [0.1, 0.15) is 11.2 Å². The second-order valence-electron chi connectivity index (χ2n) is 7.10. The Balaban J connectivity index is 1.53. The lowest BCUT2D eigenvalue weighted by atomic mass is 10.0. The highest BCUT2D eigenvalue weighted by Crippen LogP contribution is 2.28. The third kappa shape index (κ3) is 3.54. The summed E-state index contributed by atoms with van der Waals surface area (Å²) in [5.41, 5.74) is 3.20. The summed E-state index contributed by atoms with van der Waals surface area (Å²) in [7, 11) is 1.31. The molecule has 156 valence electrons. The van der Waals surface area contributed by atoms with Crippen LogP contribution in [0.2, 0.25) is 0 Å². The molecule has 5 rings (SSSR count). The van der Waals surface area contributed by atoms with E-state index in [2.05, 4.69) is 25.3 Å². The number of ether oxygens (including phenoxy) is 1. The Morgan fingerprint density at radius 2 is 1.75 bits per heavy atom. The summed E-state index contributed by atoms with van der Waals surface area (Å²) in [5.74, 6) is -0.729. The van der Waals surface area contributed by atoms with E-state index in [1.807, 2.05) is 42.5 Å². The third-order valence-electron chi connectivity index (χ3n) is 5.10. The van der Waals surface area contributed by atoms with Crippen molar-refractivity contribution in [1.29, 1.82) is 0 Å². The average molecular weight is 423 g/mol. The van der Waals surface area contributed by atoms with Gasteiger partial charge in [-0.05, 0) is 46.8 Å². The lowest BCUT2D eigenvalue weighted by Crippen LogP contribution is -2.14. The number of pyridine rings is 2. The minimum Gasteiger partial charge on any atom is -0.465 e. The lowest BCUT2D eigenvalue weighted by Gasteiger charge is -2.05. The smallest absolute Gasteiger partial charge is 0.340 e. The molecule has 3 aromatic heterocycles. The number of nitrogens with zero attached hydrogens (tertiary/aromatic N) is 3. The van der Waals surface area contributed by atoms with Crippen LogP contribution in [0.15, 0.2) is 73.2 Å². The standard InChI is InChI=1S/C24H17N5O3/c1-32-23(31)18-10-17(14-6-8-25-9-7-14)12-19-21(18)28-24(27-19)29-22(30)20-11-15-4-2-3-5-16(15)13-26-20/h2-13H,1H3,(H2,27,28,29,30). The van der Waals surface area contributed by atoms with Gasteiger partial charge in [0, 0.05) is 24.0 Å². The van der Waals surface area contributed by atoms with Crippen molar-refractivity contribution in [3.05, 3.63) is 84.4 Å². The molecule has 0 aliphatic heterocycles. The van der Waals surface area contributed by atoms with Crippen molar-refractivity contribution >= 4 is 39.6 Å². The number of imidazole rings is 1. The Labute approximate surface area is 182 Å². The molecule has 0 spiro atoms. The highest BCUT2D eigenvalue weighted by Gasteiger charge is 2.18. The molecule has 0 aliphatic rings. The second kappa shape index (κ2) is 7.92. The number of nitrogens with one attached hydrogen (secondary N) is 2. The number of hydrogen-bond donors (Lipinski definition) is 2. The number of rotatable bonds is 4. The molecule has 2 aromatic carbocycles. The number of anilines is 1. The molecule has 5 aromatic rings. The van der Waals surface area contributed by atoms with Crippen LogP contribution < -0.4 is 5.32 Å². The molecule has 3 heterocycles. The number of carbonyl (C=O) groups is 2. The summed E-state index contributed by atoms with van der Waals surface area (Å²) in [6, 6.07) is 16.6. The summed E-state index contributed by atoms with van der Waals surface area (Å²) in [4.78, 5) is 40.9. The summed E-state index contributed by atoms with van der Waals surface area (Å²) < 4.78 is 4.93. The molecule has 32 heavy (non-hydrogen) atoms. The fourth-order valence-electron chi connectivity index (χ4n) is 3.53. The van der Waals surface area contributed by atoms with Crippen LogP contribution in [0.25, 0.3) is 32.9 Å². The number of benzene rings is 2. The minimum absolute atomic E-state index is 0.206. The predicted molar refractivity (Wildman–Crippen MR) is 120 cm³/mol. The molecule has 0 saturated carbocycles. The minimum atomic E-state index is -0.522. The Hall–Kier alpha value is -4.59. The van der Waals surface area contributed by atoms with Crippen molar-refractivity contribution in [2.24, 2.45) is 0 Å². The van der Waals surface area contributed by atoms with Crippen molar-refractivity contribution < 1.29 is 14.3 Å². The third-order valence-corrected chi connectivity index (χ3v) is 5.10. The largest absolute Gasteiger partial charge is 0.465 e. The molecular weight excluding hydrogens is 406 g/mol. The molecule has 1 amide bonds. The molecule has 8 nitrogen and oxygen atoms in total. The summed E-state index contributed by atoms with van der Waals surface area (Å²) in [5, 5.41) is 4.58. The lowest BCUT2D eigenvalue weighted by molar-refractivity contribution is 0.0602. The maximum absolute atomic E-state index is 12.8. The number of aromatic nitrogens is 4. The van der Waals surface area contributed by atoms with Gasteiger partial charge < -0.3 is 9.72 Å². The zero-order valence-electron chi connectivity index (χ0n) is 17.0. The van der Waals surface area contributed by atoms with Crippen LogP contribution in [0.5, 0.6) is 0 Å². The quantitative estimate of drug-likeness (QED) is 0.419. The molecule has 0 aliphatic carbocycles. The van der Waals surface area contributed by atoms with E-state index in [0.717, 1.165) is 21.9 Å². The highest BCUT2D eigenvalue weighted by molar-refractivity contribution is 6.07. The van der Waals surface area contributed by atoms with Gasteiger partial charge in [-0.15, -0.1) is 0 Å². The number of H-pyrrole nitrogens is 1. The van der Waals surface area contributed by atoms with E-state index < -0.39 is 11.9 Å². The fourth-order valence-corrected chi connectivity index (χ4v) is 3.53. The number of fused-ring (bicyclic) bond motifs is 2. The zero-order valence-corrected chi connectivity index (χ0v) is 17.0. The van der Waals surface area contributed by atoms with Gasteiger partial charge in [-0.1, -0.05) is 24.3 Å². The second-order valence-corrected chi connectivity index (χ2v) is 7.10. The Morgan fingerprint density at radius 3 is 2.53 bits per heavy atom. The molecular formula is C24H17N5O3. The van der Waals surface area contributed by atoms with E-state index in [9.17, 15) is 9.59 Å². The Bertz CT molecular complexity index is 1480. The van der Waals surface area contributed by atoms with Crippen LogP contribution in [0.3, 0.4) is 0 Å². The van der Waals surface area contributed by atoms with Crippen LogP contribution in [-0.4, -0.2) is 38.9 Å². The number of carbonyl (C=O) groups excluding carboxylic acids is 2. The molecule has 0 fully saturated rings. The van der Waals surface area contributed by atoms with Crippen LogP contribution in [-0.2, 0) is 4.74 Å². The van der Waals surface area contributed by atoms with Gasteiger partial charge >= 0.3 is 5.97 Å². The van der Waals surface area contributed by atoms with Gasteiger partial charge in [-0.25, -0.2) is 9.78 Å². The molecule has 0 bridgehead atoms. The number of esters is 1. The summed E-state index contributed by atoms with van der Waals surface area (Å²) >= 11 is 0. The predicted octanol–water partition coefficient (Wildman–Crippen LogP) is 4.21. The summed E-state index contributed by atoms with van der Waals surface area (Å²) in [6.45, 7) is 0. The Kier molecular flexibility index (Phi) is 4.79. The zero-order chi connectivity index (χ0) is 22.1. The van der Waals surface area contributed by atoms with Gasteiger partial charge in [0.25, 0.3) is 5.91 Å². The van der Waals surface area contributed by atoms with Gasteiger partial charge in [0.15, 0.2) is 0 Å². The maximum Gasteiger partial charge on any atom is 0.340 e. The van der Waals surface area contributed by atoms with Crippen LogP contribution in [0, 0.1) is 0 Å². The van der Waals surface area contributed by atoms with E-state index >= 15 is 0 Å². The van der Waals surface area contributed by atoms with Crippen molar-refractivity contribution in [2.75, 3.05) is 12.4 Å². The van der Waals surface area contributed by atoms with Gasteiger partial charge in [-0.3, -0.25) is 20.1 Å². The molecule has 2 N–H and O–H groups in total. The number of aromatic amines is 1. The highest BCUT2D eigenvalue weighted by atomic mass is 16.5. The molecule has 0 atom stereocenters. The molecule has 0 saturated heterocycles. The average Bonchev–Trinajstić information content (AvgIpc) is 3.25. The fraction of sp³-hybridized carbons (Fsp3) is 0.0417. The van der Waals surface area contributed by atoms with E-state index in [-0.39, 0.29) is 17.2 Å². The van der Waals surface area contributed by atoms with E-state index in [1.165, 1.54) is 7.11 Å². The van der Waals surface area contributed by atoms with E-state index in [1.54, 1.807) is 30.7 Å². The van der Waals surface area contributed by atoms with Crippen LogP contribution >= 0.6 is 0 Å². The first-order valence-corrected chi connectivity index (χ1v) is 9.81. The number of amides is 1. The van der Waals surface area contributed by atoms with Crippen molar-refractivity contribution in [1.82, 2.24) is 19.9 Å². The van der Waals surface area contributed by atoms with Gasteiger partial charge in [-0.2, -0.15) is 0 Å². The van der Waals surface area contributed by atoms with E-state index in [4.69, 9.17) is 4.74 Å². The Morgan fingerprint density at radius 1 is 0.969 bits per heavy atom. The van der Waals surface area contributed by atoms with Gasteiger partial charge in [0.2, 0.25) is 5.95 Å². The van der Waals surface area contributed by atoms with Gasteiger partial charge in [0.05, 0.1) is 18.2 Å². The normalized spacial score (nSPS) is 10.9.